The Morgan fingerprint density at radius 3 is 2.61 bits per heavy atom. The van der Waals surface area contributed by atoms with E-state index < -0.39 is 0 Å². The van der Waals surface area contributed by atoms with Gasteiger partial charge in [0.1, 0.15) is 12.3 Å². The van der Waals surface area contributed by atoms with E-state index in [1.165, 1.54) is 11.2 Å². The summed E-state index contributed by atoms with van der Waals surface area (Å²) in [5, 5.41) is 0. The molecule has 1 fully saturated rings. The fourth-order valence-corrected chi connectivity index (χ4v) is 3.90. The molecule has 4 rings (SSSR count). The van der Waals surface area contributed by atoms with Gasteiger partial charge in [-0.15, -0.1) is 0 Å². The Bertz CT molecular complexity index is 1050. The molecule has 1 aliphatic heterocycles. The number of amides is 2. The maximum atomic E-state index is 13.1. The first-order chi connectivity index (χ1) is 16.1. The number of hydrogen-bond acceptors (Lipinski definition) is 5. The Balaban J connectivity index is 1.48. The average molecular weight is 449 g/mol. The lowest BCUT2D eigenvalue weighted by Gasteiger charge is -2.25. The van der Waals surface area contributed by atoms with Gasteiger partial charge in [0.2, 0.25) is 5.91 Å². The van der Waals surface area contributed by atoms with Crippen molar-refractivity contribution in [3.05, 3.63) is 89.9 Å². The predicted molar refractivity (Wildman–Crippen MR) is 123 cm³/mol. The summed E-state index contributed by atoms with van der Waals surface area (Å²) < 4.78 is 16.8. The van der Waals surface area contributed by atoms with Crippen LogP contribution in [0.1, 0.15) is 21.7 Å². The van der Waals surface area contributed by atoms with E-state index in [4.69, 9.17) is 13.9 Å². The number of carbonyl (C=O) groups is 2. The van der Waals surface area contributed by atoms with Crippen LogP contribution in [0.15, 0.2) is 77.4 Å². The number of rotatable bonds is 8. The number of carbonyl (C=O) groups excluding carboxylic acids is 2. The zero-order valence-corrected chi connectivity index (χ0v) is 18.7. The van der Waals surface area contributed by atoms with E-state index in [-0.39, 0.29) is 30.2 Å². The van der Waals surface area contributed by atoms with Gasteiger partial charge < -0.3 is 23.7 Å². The van der Waals surface area contributed by atoms with Gasteiger partial charge in [0.25, 0.3) is 5.91 Å². The van der Waals surface area contributed by atoms with E-state index in [2.05, 4.69) is 0 Å². The molecule has 0 saturated carbocycles. The van der Waals surface area contributed by atoms with Crippen LogP contribution in [0.5, 0.6) is 5.75 Å². The normalized spacial score (nSPS) is 16.5. The van der Waals surface area contributed by atoms with E-state index in [0.29, 0.717) is 26.2 Å². The van der Waals surface area contributed by atoms with Crippen LogP contribution < -0.4 is 4.74 Å². The Morgan fingerprint density at radius 1 is 1.03 bits per heavy atom. The zero-order valence-electron chi connectivity index (χ0n) is 18.7. The molecular formula is C26H28N2O5. The minimum Gasteiger partial charge on any atom is -0.497 e. The van der Waals surface area contributed by atoms with Gasteiger partial charge in [-0.25, -0.2) is 0 Å². The first-order valence-electron chi connectivity index (χ1n) is 11.0. The van der Waals surface area contributed by atoms with Crippen LogP contribution in [0.2, 0.25) is 0 Å². The molecule has 33 heavy (non-hydrogen) atoms. The lowest BCUT2D eigenvalue weighted by molar-refractivity contribution is -0.131. The number of ether oxygens (including phenoxy) is 2. The highest BCUT2D eigenvalue weighted by Crippen LogP contribution is 2.17. The summed E-state index contributed by atoms with van der Waals surface area (Å²) >= 11 is 0. The molecule has 0 spiro atoms. The van der Waals surface area contributed by atoms with Gasteiger partial charge in [0, 0.05) is 19.6 Å². The van der Waals surface area contributed by atoms with Gasteiger partial charge in [0.05, 0.1) is 26.1 Å². The van der Waals surface area contributed by atoms with Crippen LogP contribution in [0.4, 0.5) is 0 Å². The summed E-state index contributed by atoms with van der Waals surface area (Å²) in [5.41, 5.74) is 2.12. The van der Waals surface area contributed by atoms with E-state index >= 15 is 0 Å². The molecule has 1 saturated heterocycles. The van der Waals surface area contributed by atoms with Gasteiger partial charge >= 0.3 is 0 Å². The highest BCUT2D eigenvalue weighted by atomic mass is 16.5. The van der Waals surface area contributed by atoms with Gasteiger partial charge in [0.15, 0.2) is 5.76 Å². The summed E-state index contributed by atoms with van der Waals surface area (Å²) in [6.45, 7) is 1.62. The van der Waals surface area contributed by atoms with Crippen molar-refractivity contribution in [2.75, 3.05) is 33.3 Å². The van der Waals surface area contributed by atoms with E-state index in [1.807, 2.05) is 54.6 Å². The fraction of sp³-hybridized carbons (Fsp3) is 0.308. The molecule has 2 amide bonds. The van der Waals surface area contributed by atoms with Crippen molar-refractivity contribution in [3.63, 3.8) is 0 Å². The molecule has 7 heteroatoms. The van der Waals surface area contributed by atoms with Crippen molar-refractivity contribution in [2.45, 2.75) is 19.1 Å². The van der Waals surface area contributed by atoms with Gasteiger partial charge in [-0.3, -0.25) is 9.59 Å². The summed E-state index contributed by atoms with van der Waals surface area (Å²) in [6, 6.07) is 21.0. The van der Waals surface area contributed by atoms with Crippen molar-refractivity contribution in [1.29, 1.82) is 0 Å². The van der Waals surface area contributed by atoms with Crippen LogP contribution >= 0.6 is 0 Å². The Hall–Kier alpha value is -3.58. The summed E-state index contributed by atoms with van der Waals surface area (Å²) in [7, 11) is 1.62. The fourth-order valence-electron chi connectivity index (χ4n) is 3.90. The first-order valence-corrected chi connectivity index (χ1v) is 11.0. The Morgan fingerprint density at radius 2 is 1.85 bits per heavy atom. The second kappa shape index (κ2) is 10.8. The van der Waals surface area contributed by atoms with Crippen molar-refractivity contribution in [3.8, 4) is 5.75 Å². The van der Waals surface area contributed by atoms with E-state index in [9.17, 15) is 9.59 Å². The minimum atomic E-state index is -0.336. The van der Waals surface area contributed by atoms with E-state index in [1.54, 1.807) is 24.1 Å². The SMILES string of the molecule is COc1cccc(COC2CN(CCc3ccccc3)C(=O)CN(C(=O)c3ccco3)C2)c1. The van der Waals surface area contributed by atoms with Crippen LogP contribution in [0, 0.1) is 0 Å². The smallest absolute Gasteiger partial charge is 0.290 e. The topological polar surface area (TPSA) is 72.2 Å². The highest BCUT2D eigenvalue weighted by molar-refractivity contribution is 5.94. The maximum Gasteiger partial charge on any atom is 0.290 e. The molecule has 1 aliphatic rings. The summed E-state index contributed by atoms with van der Waals surface area (Å²) in [4.78, 5) is 29.3. The van der Waals surface area contributed by atoms with Crippen molar-refractivity contribution in [1.82, 2.24) is 9.80 Å². The quantitative estimate of drug-likeness (QED) is 0.528. The number of methoxy groups -OCH3 is 1. The summed E-state index contributed by atoms with van der Waals surface area (Å²) in [5.74, 6) is 0.560. The molecule has 1 atom stereocenters. The molecule has 2 aromatic carbocycles. The molecule has 1 aromatic heterocycles. The molecule has 0 bridgehead atoms. The van der Waals surface area contributed by atoms with Gasteiger partial charge in [-0.1, -0.05) is 42.5 Å². The average Bonchev–Trinajstić information content (AvgIpc) is 3.34. The Labute approximate surface area is 193 Å². The maximum absolute atomic E-state index is 13.1. The number of nitrogens with zero attached hydrogens (tertiary/aromatic N) is 2. The second-order valence-corrected chi connectivity index (χ2v) is 8.02. The van der Waals surface area contributed by atoms with Crippen molar-refractivity contribution in [2.24, 2.45) is 0 Å². The molecule has 3 aromatic rings. The van der Waals surface area contributed by atoms with Crippen LogP contribution in [-0.4, -0.2) is 61.0 Å². The third-order valence-electron chi connectivity index (χ3n) is 5.68. The van der Waals surface area contributed by atoms with Crippen molar-refractivity contribution >= 4 is 11.8 Å². The molecule has 2 heterocycles. The Kier molecular flexibility index (Phi) is 7.42. The first kappa shape index (κ1) is 22.6. The number of furan rings is 1. The lowest BCUT2D eigenvalue weighted by Crippen LogP contribution is -2.40. The molecule has 0 radical (unpaired) electrons. The number of hydrogen-bond donors (Lipinski definition) is 0. The van der Waals surface area contributed by atoms with Gasteiger partial charge in [-0.05, 0) is 41.8 Å². The van der Waals surface area contributed by atoms with Crippen LogP contribution in [0.25, 0.3) is 0 Å². The van der Waals surface area contributed by atoms with Gasteiger partial charge in [-0.2, -0.15) is 0 Å². The van der Waals surface area contributed by atoms with Crippen LogP contribution in [0.3, 0.4) is 0 Å². The monoisotopic (exact) mass is 448 g/mol. The second-order valence-electron chi connectivity index (χ2n) is 8.02. The highest BCUT2D eigenvalue weighted by Gasteiger charge is 2.32. The third-order valence-corrected chi connectivity index (χ3v) is 5.68. The standard InChI is InChI=1S/C26H28N2O5/c1-31-22-10-5-9-21(15-22)19-33-23-16-27(13-12-20-7-3-2-4-8-20)25(29)18-28(17-23)26(30)24-11-6-14-32-24/h2-11,14-15,23H,12-13,16-19H2,1H3. The van der Waals surface area contributed by atoms with Crippen molar-refractivity contribution < 1.29 is 23.5 Å². The summed E-state index contributed by atoms with van der Waals surface area (Å²) in [6.07, 6.45) is 1.86. The lowest BCUT2D eigenvalue weighted by atomic mass is 10.1. The molecule has 7 nitrogen and oxygen atoms in total. The molecule has 0 N–H and O–H groups in total. The molecule has 1 unspecified atom stereocenters. The molecular weight excluding hydrogens is 420 g/mol. The molecule has 172 valence electrons. The largest absolute Gasteiger partial charge is 0.497 e. The predicted octanol–water partition coefficient (Wildman–Crippen LogP) is 3.40. The van der Waals surface area contributed by atoms with Crippen LogP contribution in [-0.2, 0) is 22.6 Å². The zero-order chi connectivity index (χ0) is 23.0. The third kappa shape index (κ3) is 6.02. The molecule has 0 aliphatic carbocycles. The van der Waals surface area contributed by atoms with E-state index in [0.717, 1.165) is 23.3 Å². The number of benzene rings is 2. The minimum absolute atomic E-state index is 0.00660.